The van der Waals surface area contributed by atoms with E-state index in [-0.39, 0.29) is 22.9 Å². The molecular weight excluding hydrogens is 458 g/mol. The van der Waals surface area contributed by atoms with Gasteiger partial charge in [-0.25, -0.2) is 8.42 Å². The number of nitrogens with zero attached hydrogens (tertiary/aromatic N) is 2. The lowest BCUT2D eigenvalue weighted by Gasteiger charge is -2.22. The number of aromatic nitrogens is 1. The van der Waals surface area contributed by atoms with Crippen LogP contribution in [0.25, 0.3) is 10.9 Å². The zero-order chi connectivity index (χ0) is 24.5. The van der Waals surface area contributed by atoms with Crippen molar-refractivity contribution in [3.63, 3.8) is 0 Å². The van der Waals surface area contributed by atoms with Crippen molar-refractivity contribution in [3.05, 3.63) is 53.7 Å². The average Bonchev–Trinajstić information content (AvgIpc) is 3.48. The third-order valence-corrected chi connectivity index (χ3v) is 7.22. The number of carbonyl (C=O) groups excluding carboxylic acids is 2. The second kappa shape index (κ2) is 9.17. The highest BCUT2D eigenvalue weighted by molar-refractivity contribution is 7.92. The van der Waals surface area contributed by atoms with E-state index in [4.69, 9.17) is 0 Å². The van der Waals surface area contributed by atoms with Crippen LogP contribution in [0.5, 0.6) is 0 Å². The van der Waals surface area contributed by atoms with Crippen LogP contribution < -0.4 is 10.0 Å². The van der Waals surface area contributed by atoms with Crippen LogP contribution in [0, 0.1) is 18.3 Å². The minimum absolute atomic E-state index is 0.118. The highest BCUT2D eigenvalue weighted by atomic mass is 32.2. The molecule has 0 aliphatic carbocycles. The quantitative estimate of drug-likeness (QED) is 0.409. The summed E-state index contributed by atoms with van der Waals surface area (Å²) in [7, 11) is -4.05. The predicted molar refractivity (Wildman–Crippen MR) is 125 cm³/mol. The van der Waals surface area contributed by atoms with Gasteiger partial charge in [-0.2, -0.15) is 5.26 Å². The normalized spacial score (nSPS) is 15.8. The molecule has 11 heteroatoms. The molecule has 1 aromatic heterocycles. The van der Waals surface area contributed by atoms with Gasteiger partial charge in [0.15, 0.2) is 0 Å². The summed E-state index contributed by atoms with van der Waals surface area (Å²) < 4.78 is 28.6. The number of anilines is 2. The molecule has 1 fully saturated rings. The lowest BCUT2D eigenvalue weighted by Crippen LogP contribution is -2.43. The van der Waals surface area contributed by atoms with Crippen molar-refractivity contribution in [2.75, 3.05) is 23.2 Å². The zero-order valence-corrected chi connectivity index (χ0v) is 19.1. The summed E-state index contributed by atoms with van der Waals surface area (Å²) in [6.45, 7) is 1.99. The van der Waals surface area contributed by atoms with E-state index in [0.717, 1.165) is 5.56 Å². The summed E-state index contributed by atoms with van der Waals surface area (Å²) in [6.07, 6.45) is 2.84. The second-order valence-corrected chi connectivity index (χ2v) is 9.74. The number of aliphatic hydroxyl groups excluding tert-OH is 1. The molecule has 2 heterocycles. The van der Waals surface area contributed by atoms with Crippen molar-refractivity contribution in [2.24, 2.45) is 0 Å². The Morgan fingerprint density at radius 2 is 2.09 bits per heavy atom. The van der Waals surface area contributed by atoms with Crippen LogP contribution in [0.15, 0.2) is 47.5 Å². The Kier molecular flexibility index (Phi) is 6.28. The summed E-state index contributed by atoms with van der Waals surface area (Å²) in [6, 6.07) is 10.6. The molecule has 2 amide bonds. The second-order valence-electron chi connectivity index (χ2n) is 8.06. The van der Waals surface area contributed by atoms with Gasteiger partial charge >= 0.3 is 11.8 Å². The molecule has 176 valence electrons. The molecule has 4 rings (SSSR count). The molecule has 1 aliphatic rings. The maximum absolute atomic E-state index is 13.1. The van der Waals surface area contributed by atoms with E-state index < -0.39 is 27.9 Å². The van der Waals surface area contributed by atoms with Crippen molar-refractivity contribution in [2.45, 2.75) is 30.7 Å². The van der Waals surface area contributed by atoms with E-state index in [1.165, 1.54) is 35.4 Å². The molecule has 0 saturated carbocycles. The van der Waals surface area contributed by atoms with Gasteiger partial charge in [0.05, 0.1) is 34.3 Å². The number of aryl methyl sites for hydroxylation is 1. The number of nitrogens with one attached hydrogen (secondary N) is 3. The Balaban J connectivity index is 1.56. The van der Waals surface area contributed by atoms with E-state index in [1.807, 2.05) is 6.92 Å². The number of fused-ring (bicyclic) bond motifs is 1. The summed E-state index contributed by atoms with van der Waals surface area (Å²) in [5.74, 6) is -1.68. The van der Waals surface area contributed by atoms with Gasteiger partial charge in [-0.1, -0.05) is 12.1 Å². The molecule has 0 spiro atoms. The number of hydrogen-bond donors (Lipinski definition) is 4. The third kappa shape index (κ3) is 4.33. The van der Waals surface area contributed by atoms with Crippen molar-refractivity contribution in [1.82, 2.24) is 9.88 Å². The molecule has 0 unspecified atom stereocenters. The predicted octanol–water partition coefficient (Wildman–Crippen LogP) is 2.07. The van der Waals surface area contributed by atoms with Crippen molar-refractivity contribution >= 4 is 44.1 Å². The smallest absolute Gasteiger partial charge is 0.313 e. The van der Waals surface area contributed by atoms with Crippen LogP contribution in [0.3, 0.4) is 0 Å². The Morgan fingerprint density at radius 3 is 2.82 bits per heavy atom. The number of carbonyl (C=O) groups is 2. The molecule has 10 nitrogen and oxygen atoms in total. The summed E-state index contributed by atoms with van der Waals surface area (Å²) in [5, 5.41) is 21.8. The Labute approximate surface area is 196 Å². The highest BCUT2D eigenvalue weighted by Crippen LogP contribution is 2.30. The number of aromatic amines is 1. The maximum Gasteiger partial charge on any atom is 0.313 e. The Bertz CT molecular complexity index is 1420. The van der Waals surface area contributed by atoms with Gasteiger partial charge in [-0.3, -0.25) is 14.3 Å². The van der Waals surface area contributed by atoms with Crippen LogP contribution in [0.1, 0.15) is 24.0 Å². The Morgan fingerprint density at radius 1 is 1.29 bits per heavy atom. The number of likely N-dealkylation sites (tertiary alicyclic amines) is 1. The number of aliphatic hydroxyl groups is 1. The van der Waals surface area contributed by atoms with Crippen LogP contribution in [0.2, 0.25) is 0 Å². The van der Waals surface area contributed by atoms with Crippen molar-refractivity contribution < 1.29 is 23.1 Å². The molecule has 2 aromatic carbocycles. The first-order valence-corrected chi connectivity index (χ1v) is 12.1. The van der Waals surface area contributed by atoms with E-state index in [1.54, 1.807) is 12.1 Å². The van der Waals surface area contributed by atoms with Gasteiger partial charge in [0.25, 0.3) is 10.0 Å². The van der Waals surface area contributed by atoms with Gasteiger partial charge < -0.3 is 20.3 Å². The molecule has 1 saturated heterocycles. The first-order valence-electron chi connectivity index (χ1n) is 10.6. The number of H-pyrrole nitrogens is 1. The maximum atomic E-state index is 13.1. The van der Waals surface area contributed by atoms with E-state index in [9.17, 15) is 28.4 Å². The molecule has 0 radical (unpaired) electrons. The van der Waals surface area contributed by atoms with Crippen LogP contribution in [-0.2, 0) is 19.6 Å². The molecule has 0 bridgehead atoms. The minimum atomic E-state index is -4.05. The van der Waals surface area contributed by atoms with E-state index >= 15 is 0 Å². The number of sulfonamides is 1. The average molecular weight is 482 g/mol. The number of hydrogen-bond acceptors (Lipinski definition) is 6. The minimum Gasteiger partial charge on any atom is -0.394 e. The third-order valence-electron chi connectivity index (χ3n) is 5.85. The lowest BCUT2D eigenvalue weighted by atomic mass is 10.1. The fourth-order valence-electron chi connectivity index (χ4n) is 4.15. The van der Waals surface area contributed by atoms with Crippen molar-refractivity contribution in [3.8, 4) is 6.07 Å². The number of rotatable bonds is 5. The lowest BCUT2D eigenvalue weighted by molar-refractivity contribution is -0.144. The van der Waals surface area contributed by atoms with E-state index in [2.05, 4.69) is 21.1 Å². The fourth-order valence-corrected chi connectivity index (χ4v) is 5.26. The first kappa shape index (κ1) is 23.3. The van der Waals surface area contributed by atoms with Gasteiger partial charge in [-0.05, 0) is 49.6 Å². The Hall–Kier alpha value is -3.88. The molecule has 1 aliphatic heterocycles. The van der Waals surface area contributed by atoms with Gasteiger partial charge in [0.1, 0.15) is 6.07 Å². The summed E-state index contributed by atoms with van der Waals surface area (Å²) in [4.78, 5) is 29.1. The van der Waals surface area contributed by atoms with Crippen molar-refractivity contribution in [1.29, 1.82) is 5.26 Å². The largest absolute Gasteiger partial charge is 0.394 e. The van der Waals surface area contributed by atoms with Crippen LogP contribution >= 0.6 is 0 Å². The SMILES string of the molecule is Cc1ccc(NS(=O)(=O)c2cccc(NC(=O)C(=O)N3CCC[C@@H]3CO)c2)c2[nH]cc(C#N)c12. The molecular formula is C23H23N5O5S. The molecule has 1 atom stereocenters. The van der Waals surface area contributed by atoms with Gasteiger partial charge in [-0.15, -0.1) is 0 Å². The highest BCUT2D eigenvalue weighted by Gasteiger charge is 2.32. The summed E-state index contributed by atoms with van der Waals surface area (Å²) >= 11 is 0. The van der Waals surface area contributed by atoms with Crippen LogP contribution in [-0.4, -0.2) is 54.4 Å². The molecule has 34 heavy (non-hydrogen) atoms. The first-order chi connectivity index (χ1) is 16.2. The molecule has 3 aromatic rings. The van der Waals surface area contributed by atoms with Gasteiger partial charge in [0.2, 0.25) is 0 Å². The topological polar surface area (TPSA) is 155 Å². The zero-order valence-electron chi connectivity index (χ0n) is 18.3. The standard InChI is InChI=1S/C23H23N5O5S/c1-14-7-8-19(21-20(14)15(11-24)12-25-21)27-34(32,33)18-6-2-4-16(10-18)26-22(30)23(31)28-9-3-5-17(28)13-29/h2,4,6-8,10,12,17,25,27,29H,3,5,9,13H2,1H3,(H,26,30)/t17-/m1/s1. The van der Waals surface area contributed by atoms with E-state index in [0.29, 0.717) is 35.9 Å². The van der Waals surface area contributed by atoms with Gasteiger partial charge in [0, 0.05) is 23.8 Å². The monoisotopic (exact) mass is 481 g/mol. The fraction of sp³-hybridized carbons (Fsp3) is 0.261. The summed E-state index contributed by atoms with van der Waals surface area (Å²) in [5.41, 5.74) is 2.13. The van der Waals surface area contributed by atoms with Crippen LogP contribution in [0.4, 0.5) is 11.4 Å². The number of nitriles is 1. The number of amides is 2. The molecule has 4 N–H and O–H groups in total. The number of benzene rings is 2.